The molecule has 2 aromatic rings. The second-order valence-electron chi connectivity index (χ2n) is 5.36. The molecule has 1 amide bonds. The molecule has 0 atom stereocenters. The van der Waals surface area contributed by atoms with Gasteiger partial charge in [-0.1, -0.05) is 0 Å². The van der Waals surface area contributed by atoms with Gasteiger partial charge in [0.1, 0.15) is 5.56 Å². The molecular formula is C13H17N5O3S. The third kappa shape index (κ3) is 2.95. The fourth-order valence-electron chi connectivity index (χ4n) is 2.58. The third-order valence-electron chi connectivity index (χ3n) is 3.78. The Kier molecular flexibility index (Phi) is 3.83. The number of hydrogen-bond donors (Lipinski definition) is 1. The average molecular weight is 323 g/mol. The van der Waals surface area contributed by atoms with Crippen molar-refractivity contribution < 1.29 is 13.2 Å². The lowest BCUT2D eigenvalue weighted by molar-refractivity contribution is 0.0925. The summed E-state index contributed by atoms with van der Waals surface area (Å²) in [6.45, 7) is 0.855. The maximum atomic E-state index is 12.3. The Hall–Kier alpha value is -2.00. The molecule has 0 aliphatic carbocycles. The Morgan fingerprint density at radius 1 is 1.36 bits per heavy atom. The first-order valence-corrected chi connectivity index (χ1v) is 8.84. The van der Waals surface area contributed by atoms with E-state index in [1.165, 1.54) is 16.8 Å². The van der Waals surface area contributed by atoms with Gasteiger partial charge in [-0.05, 0) is 18.9 Å². The first-order chi connectivity index (χ1) is 10.4. The van der Waals surface area contributed by atoms with Crippen LogP contribution in [-0.4, -0.2) is 58.6 Å². The minimum atomic E-state index is -3.15. The number of aromatic nitrogens is 3. The van der Waals surface area contributed by atoms with E-state index in [0.717, 1.165) is 0 Å². The fraction of sp³-hybridized carbons (Fsp3) is 0.462. The van der Waals surface area contributed by atoms with Gasteiger partial charge in [-0.2, -0.15) is 5.10 Å². The number of carbonyl (C=O) groups excluding carboxylic acids is 1. The number of piperidine rings is 1. The number of fused-ring (bicyclic) bond motifs is 1. The predicted molar refractivity (Wildman–Crippen MR) is 79.9 cm³/mol. The van der Waals surface area contributed by atoms with Crippen molar-refractivity contribution in [3.05, 3.63) is 30.2 Å². The van der Waals surface area contributed by atoms with Gasteiger partial charge in [0.25, 0.3) is 5.91 Å². The highest BCUT2D eigenvalue weighted by atomic mass is 32.2. The largest absolute Gasteiger partial charge is 0.349 e. The summed E-state index contributed by atoms with van der Waals surface area (Å²) in [5.41, 5.74) is 0.930. The van der Waals surface area contributed by atoms with Gasteiger partial charge in [0.2, 0.25) is 10.0 Å². The molecule has 1 aliphatic rings. The monoisotopic (exact) mass is 323 g/mol. The molecule has 118 valence electrons. The standard InChI is InChI=1S/C13H17N5O3S/c1-22(20,21)17-7-3-10(4-8-17)16-13(19)11-9-15-18-6-2-5-14-12(11)18/h2,5-6,9-10H,3-4,7-8H2,1H3,(H,16,19). The van der Waals surface area contributed by atoms with Crippen LogP contribution in [0.1, 0.15) is 23.2 Å². The normalized spacial score (nSPS) is 17.7. The Morgan fingerprint density at radius 2 is 2.09 bits per heavy atom. The Bertz CT molecular complexity index is 793. The lowest BCUT2D eigenvalue weighted by Crippen LogP contribution is -2.46. The summed E-state index contributed by atoms with van der Waals surface area (Å²) < 4.78 is 25.9. The predicted octanol–water partition coefficient (Wildman–Crippen LogP) is -0.117. The summed E-state index contributed by atoms with van der Waals surface area (Å²) in [5.74, 6) is -0.230. The molecule has 2 aromatic heterocycles. The van der Waals surface area contributed by atoms with E-state index in [1.54, 1.807) is 23.0 Å². The van der Waals surface area contributed by atoms with Crippen LogP contribution in [0.3, 0.4) is 0 Å². The zero-order chi connectivity index (χ0) is 15.7. The van der Waals surface area contributed by atoms with Crippen LogP contribution in [0.15, 0.2) is 24.7 Å². The molecule has 1 N–H and O–H groups in total. The smallest absolute Gasteiger partial charge is 0.256 e. The van der Waals surface area contributed by atoms with Gasteiger partial charge in [0.15, 0.2) is 5.65 Å². The number of rotatable bonds is 3. The summed E-state index contributed by atoms with van der Waals surface area (Å²) in [6.07, 6.45) is 7.23. The van der Waals surface area contributed by atoms with E-state index < -0.39 is 10.0 Å². The Morgan fingerprint density at radius 3 is 2.77 bits per heavy atom. The molecule has 1 fully saturated rings. The van der Waals surface area contributed by atoms with E-state index in [4.69, 9.17) is 0 Å². The first-order valence-electron chi connectivity index (χ1n) is 6.99. The van der Waals surface area contributed by atoms with E-state index in [-0.39, 0.29) is 11.9 Å². The van der Waals surface area contributed by atoms with E-state index in [0.29, 0.717) is 37.1 Å². The highest BCUT2D eigenvalue weighted by Crippen LogP contribution is 2.14. The molecule has 0 spiro atoms. The molecule has 0 bridgehead atoms. The molecule has 22 heavy (non-hydrogen) atoms. The van der Waals surface area contributed by atoms with E-state index in [9.17, 15) is 13.2 Å². The molecule has 8 nitrogen and oxygen atoms in total. The molecule has 0 aromatic carbocycles. The van der Waals surface area contributed by atoms with Gasteiger partial charge >= 0.3 is 0 Å². The van der Waals surface area contributed by atoms with E-state index >= 15 is 0 Å². The summed E-state index contributed by atoms with van der Waals surface area (Å²) in [6, 6.07) is 1.70. The van der Waals surface area contributed by atoms with E-state index in [1.807, 2.05) is 0 Å². The van der Waals surface area contributed by atoms with Crippen LogP contribution >= 0.6 is 0 Å². The highest BCUT2D eigenvalue weighted by Gasteiger charge is 2.26. The lowest BCUT2D eigenvalue weighted by atomic mass is 10.1. The minimum Gasteiger partial charge on any atom is -0.349 e. The van der Waals surface area contributed by atoms with Gasteiger partial charge in [0.05, 0.1) is 12.5 Å². The second-order valence-corrected chi connectivity index (χ2v) is 7.34. The van der Waals surface area contributed by atoms with Crippen LogP contribution in [-0.2, 0) is 10.0 Å². The molecular weight excluding hydrogens is 306 g/mol. The van der Waals surface area contributed by atoms with Crippen molar-refractivity contribution in [2.24, 2.45) is 0 Å². The van der Waals surface area contributed by atoms with Crippen LogP contribution in [0.25, 0.3) is 5.65 Å². The van der Waals surface area contributed by atoms with Crippen molar-refractivity contribution in [3.8, 4) is 0 Å². The zero-order valence-corrected chi connectivity index (χ0v) is 13.0. The molecule has 0 saturated carbocycles. The number of nitrogens with zero attached hydrogens (tertiary/aromatic N) is 4. The fourth-order valence-corrected chi connectivity index (χ4v) is 3.46. The van der Waals surface area contributed by atoms with Gasteiger partial charge < -0.3 is 5.32 Å². The van der Waals surface area contributed by atoms with Crippen LogP contribution in [0, 0.1) is 0 Å². The van der Waals surface area contributed by atoms with Crippen molar-refractivity contribution in [1.82, 2.24) is 24.2 Å². The van der Waals surface area contributed by atoms with Crippen LogP contribution in [0.4, 0.5) is 0 Å². The Labute approximate surface area is 128 Å². The maximum Gasteiger partial charge on any atom is 0.256 e. The van der Waals surface area contributed by atoms with Crippen molar-refractivity contribution in [3.63, 3.8) is 0 Å². The number of nitrogens with one attached hydrogen (secondary N) is 1. The van der Waals surface area contributed by atoms with Crippen LogP contribution < -0.4 is 5.32 Å². The molecule has 3 rings (SSSR count). The van der Waals surface area contributed by atoms with Crippen LogP contribution in [0.2, 0.25) is 0 Å². The van der Waals surface area contributed by atoms with Gasteiger partial charge in [0, 0.05) is 31.5 Å². The molecule has 0 unspecified atom stereocenters. The van der Waals surface area contributed by atoms with Crippen molar-refractivity contribution in [2.45, 2.75) is 18.9 Å². The van der Waals surface area contributed by atoms with Gasteiger partial charge in [-0.3, -0.25) is 4.79 Å². The quantitative estimate of drug-likeness (QED) is 0.849. The Balaban J connectivity index is 1.66. The number of hydrogen-bond acceptors (Lipinski definition) is 5. The van der Waals surface area contributed by atoms with Crippen LogP contribution in [0.5, 0.6) is 0 Å². The summed E-state index contributed by atoms with van der Waals surface area (Å²) in [7, 11) is -3.15. The second kappa shape index (κ2) is 5.65. The molecule has 1 saturated heterocycles. The molecule has 3 heterocycles. The molecule has 9 heteroatoms. The number of carbonyl (C=O) groups is 1. The summed E-state index contributed by atoms with van der Waals surface area (Å²) >= 11 is 0. The number of sulfonamides is 1. The van der Waals surface area contributed by atoms with Crippen molar-refractivity contribution in [1.29, 1.82) is 0 Å². The summed E-state index contributed by atoms with van der Waals surface area (Å²) in [4.78, 5) is 16.5. The van der Waals surface area contributed by atoms with Crippen molar-refractivity contribution >= 4 is 21.6 Å². The number of amides is 1. The zero-order valence-electron chi connectivity index (χ0n) is 12.1. The molecule has 0 radical (unpaired) electrons. The SMILES string of the molecule is CS(=O)(=O)N1CCC(NC(=O)c2cnn3cccnc23)CC1. The summed E-state index contributed by atoms with van der Waals surface area (Å²) in [5, 5.41) is 7.01. The van der Waals surface area contributed by atoms with Crippen molar-refractivity contribution in [2.75, 3.05) is 19.3 Å². The first kappa shape index (κ1) is 14.9. The van der Waals surface area contributed by atoms with Gasteiger partial charge in [-0.25, -0.2) is 22.2 Å². The maximum absolute atomic E-state index is 12.3. The minimum absolute atomic E-state index is 0.0378. The third-order valence-corrected chi connectivity index (χ3v) is 5.09. The molecule has 1 aliphatic heterocycles. The lowest BCUT2D eigenvalue weighted by Gasteiger charge is -2.30. The topological polar surface area (TPSA) is 96.7 Å². The van der Waals surface area contributed by atoms with E-state index in [2.05, 4.69) is 15.4 Å². The highest BCUT2D eigenvalue weighted by molar-refractivity contribution is 7.88. The van der Waals surface area contributed by atoms with Gasteiger partial charge in [-0.15, -0.1) is 0 Å². The average Bonchev–Trinajstić information content (AvgIpc) is 2.91.